The molecule has 1 N–H and O–H groups in total. The fourth-order valence-electron chi connectivity index (χ4n) is 2.36. The molecule has 0 unspecified atom stereocenters. The lowest BCUT2D eigenvalue weighted by molar-refractivity contribution is -0.137. The van der Waals surface area contributed by atoms with E-state index in [4.69, 9.17) is 4.84 Å². The van der Waals surface area contributed by atoms with Gasteiger partial charge in [0, 0.05) is 12.5 Å². The SMILES string of the molecule is CC(=O)NOc1ccc(C)c(-c2cccc(C(F)(F)F)c2)c1C. The zero-order valence-electron chi connectivity index (χ0n) is 12.9. The Balaban J connectivity index is 2.51. The maximum atomic E-state index is 12.9. The Morgan fingerprint density at radius 3 is 2.43 bits per heavy atom. The van der Waals surface area contributed by atoms with Crippen LogP contribution in [0.4, 0.5) is 13.2 Å². The molecule has 0 aliphatic heterocycles. The van der Waals surface area contributed by atoms with Gasteiger partial charge in [0.2, 0.25) is 5.91 Å². The van der Waals surface area contributed by atoms with E-state index in [1.165, 1.54) is 13.0 Å². The van der Waals surface area contributed by atoms with Crippen molar-refractivity contribution in [2.45, 2.75) is 26.9 Å². The lowest BCUT2D eigenvalue weighted by atomic mass is 9.94. The van der Waals surface area contributed by atoms with Crippen molar-refractivity contribution in [3.8, 4) is 16.9 Å². The Hall–Kier alpha value is -2.50. The fraction of sp³-hybridized carbons (Fsp3) is 0.235. The predicted octanol–water partition coefficient (Wildman–Crippen LogP) is 4.42. The second kappa shape index (κ2) is 6.32. The third kappa shape index (κ3) is 3.83. The summed E-state index contributed by atoms with van der Waals surface area (Å²) in [5, 5.41) is 0. The summed E-state index contributed by atoms with van der Waals surface area (Å²) in [4.78, 5) is 16.1. The molecule has 23 heavy (non-hydrogen) atoms. The number of amides is 1. The molecule has 2 aromatic carbocycles. The van der Waals surface area contributed by atoms with Crippen LogP contribution >= 0.6 is 0 Å². The maximum absolute atomic E-state index is 12.9. The molecule has 0 spiro atoms. The molecule has 0 heterocycles. The van der Waals surface area contributed by atoms with Gasteiger partial charge in [0.1, 0.15) is 0 Å². The summed E-state index contributed by atoms with van der Waals surface area (Å²) in [6, 6.07) is 8.53. The number of carbonyl (C=O) groups is 1. The Morgan fingerprint density at radius 2 is 1.83 bits per heavy atom. The van der Waals surface area contributed by atoms with E-state index in [0.29, 0.717) is 22.4 Å². The highest BCUT2D eigenvalue weighted by Gasteiger charge is 2.30. The number of carbonyl (C=O) groups excluding carboxylic acids is 1. The lowest BCUT2D eigenvalue weighted by Gasteiger charge is -2.16. The quantitative estimate of drug-likeness (QED) is 0.849. The molecule has 0 saturated carbocycles. The van der Waals surface area contributed by atoms with E-state index in [2.05, 4.69) is 5.48 Å². The molecule has 0 aromatic heterocycles. The van der Waals surface area contributed by atoms with Crippen LogP contribution in [0.3, 0.4) is 0 Å². The van der Waals surface area contributed by atoms with Gasteiger partial charge in [0.15, 0.2) is 5.75 Å². The Kier molecular flexibility index (Phi) is 4.63. The van der Waals surface area contributed by atoms with Crippen LogP contribution in [-0.2, 0) is 11.0 Å². The highest BCUT2D eigenvalue weighted by Crippen LogP contribution is 2.36. The van der Waals surface area contributed by atoms with E-state index >= 15 is 0 Å². The summed E-state index contributed by atoms with van der Waals surface area (Å²) in [6.07, 6.45) is -4.40. The standard InChI is InChI=1S/C17H16F3NO2/c1-10-7-8-15(23-21-12(3)22)11(2)16(10)13-5-4-6-14(9-13)17(18,19)20/h4-9H,1-3H3,(H,21,22). The first-order valence-electron chi connectivity index (χ1n) is 6.91. The average Bonchev–Trinajstić information content (AvgIpc) is 2.46. The highest BCUT2D eigenvalue weighted by atomic mass is 19.4. The number of halogens is 3. The molecule has 1 amide bonds. The van der Waals surface area contributed by atoms with Crippen molar-refractivity contribution in [1.29, 1.82) is 0 Å². The number of rotatable bonds is 3. The number of hydrogen-bond acceptors (Lipinski definition) is 2. The average molecular weight is 323 g/mol. The van der Waals surface area contributed by atoms with Crippen molar-refractivity contribution in [1.82, 2.24) is 5.48 Å². The van der Waals surface area contributed by atoms with Gasteiger partial charge in [-0.2, -0.15) is 18.7 Å². The third-order valence-corrected chi connectivity index (χ3v) is 3.41. The molecule has 122 valence electrons. The van der Waals surface area contributed by atoms with E-state index in [9.17, 15) is 18.0 Å². The van der Waals surface area contributed by atoms with Gasteiger partial charge in [-0.05, 0) is 48.7 Å². The van der Waals surface area contributed by atoms with Crippen molar-refractivity contribution < 1.29 is 22.8 Å². The van der Waals surface area contributed by atoms with Crippen LogP contribution < -0.4 is 10.3 Å². The van der Waals surface area contributed by atoms with Crippen molar-refractivity contribution in [2.24, 2.45) is 0 Å². The van der Waals surface area contributed by atoms with Crippen molar-refractivity contribution in [3.63, 3.8) is 0 Å². The number of hydrogen-bond donors (Lipinski definition) is 1. The summed E-state index contributed by atoms with van der Waals surface area (Å²) in [5.74, 6) is 0.0174. The molecule has 0 aliphatic carbocycles. The number of aryl methyl sites for hydroxylation is 1. The number of alkyl halides is 3. The topological polar surface area (TPSA) is 38.3 Å². The molecule has 0 radical (unpaired) electrons. The molecule has 0 atom stereocenters. The Morgan fingerprint density at radius 1 is 1.13 bits per heavy atom. The van der Waals surface area contributed by atoms with Gasteiger partial charge < -0.3 is 4.84 Å². The Bertz CT molecular complexity index is 739. The normalized spacial score (nSPS) is 11.2. The van der Waals surface area contributed by atoms with Crippen molar-refractivity contribution >= 4 is 5.91 Å². The Labute approximate surface area is 132 Å². The molecule has 6 heteroatoms. The van der Waals surface area contributed by atoms with Crippen LogP contribution in [0.2, 0.25) is 0 Å². The summed E-state index contributed by atoms with van der Waals surface area (Å²) in [6.45, 7) is 4.85. The molecule has 0 aliphatic rings. The first kappa shape index (κ1) is 16.9. The first-order chi connectivity index (χ1) is 10.7. The van der Waals surface area contributed by atoms with E-state index in [1.807, 2.05) is 6.92 Å². The number of hydroxylamine groups is 1. The zero-order chi connectivity index (χ0) is 17.2. The van der Waals surface area contributed by atoms with Crippen LogP contribution in [-0.4, -0.2) is 5.91 Å². The molecule has 3 nitrogen and oxygen atoms in total. The highest BCUT2D eigenvalue weighted by molar-refractivity contribution is 5.74. The first-order valence-corrected chi connectivity index (χ1v) is 6.91. The maximum Gasteiger partial charge on any atom is 0.416 e. The van der Waals surface area contributed by atoms with E-state index in [1.54, 1.807) is 25.1 Å². The second-order valence-corrected chi connectivity index (χ2v) is 5.22. The minimum Gasteiger partial charge on any atom is -0.379 e. The predicted molar refractivity (Wildman–Crippen MR) is 80.8 cm³/mol. The van der Waals surface area contributed by atoms with Crippen LogP contribution in [0.25, 0.3) is 11.1 Å². The summed E-state index contributed by atoms with van der Waals surface area (Å²) >= 11 is 0. The van der Waals surface area contributed by atoms with Crippen LogP contribution in [0.5, 0.6) is 5.75 Å². The molecule has 2 aromatic rings. The van der Waals surface area contributed by atoms with Gasteiger partial charge in [0.05, 0.1) is 5.56 Å². The molecular weight excluding hydrogens is 307 g/mol. The van der Waals surface area contributed by atoms with Crippen LogP contribution in [0.1, 0.15) is 23.6 Å². The summed E-state index contributed by atoms with van der Waals surface area (Å²) in [7, 11) is 0. The van der Waals surface area contributed by atoms with E-state index < -0.39 is 11.7 Å². The van der Waals surface area contributed by atoms with E-state index in [-0.39, 0.29) is 5.91 Å². The van der Waals surface area contributed by atoms with E-state index in [0.717, 1.165) is 17.7 Å². The fourth-order valence-corrected chi connectivity index (χ4v) is 2.36. The zero-order valence-corrected chi connectivity index (χ0v) is 12.9. The summed E-state index contributed by atoms with van der Waals surface area (Å²) in [5.41, 5.74) is 4.08. The van der Waals surface area contributed by atoms with Crippen LogP contribution in [0, 0.1) is 13.8 Å². The van der Waals surface area contributed by atoms with Gasteiger partial charge in [-0.3, -0.25) is 4.79 Å². The molecule has 0 bridgehead atoms. The van der Waals surface area contributed by atoms with Gasteiger partial charge in [-0.15, -0.1) is 0 Å². The van der Waals surface area contributed by atoms with Gasteiger partial charge in [-0.25, -0.2) is 0 Å². The monoisotopic (exact) mass is 323 g/mol. The lowest BCUT2D eigenvalue weighted by Crippen LogP contribution is -2.24. The second-order valence-electron chi connectivity index (χ2n) is 5.22. The van der Waals surface area contributed by atoms with Gasteiger partial charge >= 0.3 is 6.18 Å². The van der Waals surface area contributed by atoms with Crippen molar-refractivity contribution in [3.05, 3.63) is 53.1 Å². The third-order valence-electron chi connectivity index (χ3n) is 3.41. The van der Waals surface area contributed by atoms with Crippen molar-refractivity contribution in [2.75, 3.05) is 0 Å². The minimum absolute atomic E-state index is 0.370. The van der Waals surface area contributed by atoms with Crippen LogP contribution in [0.15, 0.2) is 36.4 Å². The number of benzene rings is 2. The molecule has 0 saturated heterocycles. The van der Waals surface area contributed by atoms with Gasteiger partial charge in [-0.1, -0.05) is 18.2 Å². The summed E-state index contributed by atoms with van der Waals surface area (Å²) < 4.78 is 38.7. The molecule has 2 rings (SSSR count). The smallest absolute Gasteiger partial charge is 0.379 e. The largest absolute Gasteiger partial charge is 0.416 e. The molecular formula is C17H16F3NO2. The molecule has 0 fully saturated rings. The number of nitrogens with one attached hydrogen (secondary N) is 1. The minimum atomic E-state index is -4.40. The van der Waals surface area contributed by atoms with Gasteiger partial charge in [0.25, 0.3) is 0 Å².